The summed E-state index contributed by atoms with van der Waals surface area (Å²) in [5.41, 5.74) is 0.132. The second kappa shape index (κ2) is 6.53. The zero-order chi connectivity index (χ0) is 16.4. The molecule has 0 saturated carbocycles. The Morgan fingerprint density at radius 2 is 2.04 bits per heavy atom. The van der Waals surface area contributed by atoms with Crippen LogP contribution in [0, 0.1) is 10.1 Å². The van der Waals surface area contributed by atoms with Crippen molar-refractivity contribution in [1.82, 2.24) is 10.2 Å². The summed E-state index contributed by atoms with van der Waals surface area (Å²) < 4.78 is 0. The lowest BCUT2D eigenvalue weighted by atomic mass is 10.0. The molecule has 1 saturated heterocycles. The van der Waals surface area contributed by atoms with E-state index in [9.17, 15) is 20.3 Å². The Morgan fingerprint density at radius 1 is 1.30 bits per heavy atom. The minimum absolute atomic E-state index is 0.178. The number of hydrogen-bond acceptors (Lipinski definition) is 7. The van der Waals surface area contributed by atoms with E-state index >= 15 is 0 Å². The number of rotatable bonds is 4. The van der Waals surface area contributed by atoms with Crippen molar-refractivity contribution in [2.24, 2.45) is 0 Å². The van der Waals surface area contributed by atoms with E-state index in [1.54, 1.807) is 11.3 Å². The molecule has 3 N–H and O–H groups in total. The van der Waals surface area contributed by atoms with Crippen LogP contribution in [0.3, 0.4) is 0 Å². The maximum atomic E-state index is 11.1. The molecule has 0 spiro atoms. The zero-order valence-corrected chi connectivity index (χ0v) is 13.1. The van der Waals surface area contributed by atoms with Crippen LogP contribution in [0.2, 0.25) is 0 Å². The van der Waals surface area contributed by atoms with Crippen molar-refractivity contribution in [3.63, 3.8) is 0 Å². The van der Waals surface area contributed by atoms with Gasteiger partial charge in [-0.05, 0) is 23.1 Å². The van der Waals surface area contributed by atoms with Gasteiger partial charge in [-0.2, -0.15) is 0 Å². The van der Waals surface area contributed by atoms with Gasteiger partial charge in [0, 0.05) is 37.1 Å². The van der Waals surface area contributed by atoms with Crippen LogP contribution in [0.15, 0.2) is 29.6 Å². The number of thiophene rings is 1. The maximum Gasteiger partial charge on any atom is 0.314 e. The molecule has 2 heterocycles. The van der Waals surface area contributed by atoms with Crippen LogP contribution in [0.1, 0.15) is 16.5 Å². The highest BCUT2D eigenvalue weighted by Crippen LogP contribution is 2.41. The summed E-state index contributed by atoms with van der Waals surface area (Å²) in [6.07, 6.45) is 0. The number of benzene rings is 1. The Morgan fingerprint density at radius 3 is 2.65 bits per heavy atom. The van der Waals surface area contributed by atoms with Gasteiger partial charge >= 0.3 is 5.69 Å². The number of piperazine rings is 1. The molecule has 0 aliphatic carbocycles. The topological polar surface area (TPSA) is 98.9 Å². The van der Waals surface area contributed by atoms with E-state index in [0.29, 0.717) is 5.56 Å². The Bertz CT molecular complexity index is 699. The van der Waals surface area contributed by atoms with Gasteiger partial charge < -0.3 is 15.5 Å². The van der Waals surface area contributed by atoms with E-state index in [1.807, 2.05) is 17.5 Å². The quantitative estimate of drug-likeness (QED) is 0.449. The van der Waals surface area contributed by atoms with Crippen LogP contribution in [0.5, 0.6) is 11.5 Å². The van der Waals surface area contributed by atoms with Gasteiger partial charge in [-0.25, -0.2) is 0 Å². The molecule has 2 aromatic rings. The molecule has 0 amide bonds. The van der Waals surface area contributed by atoms with Crippen LogP contribution in [0.25, 0.3) is 0 Å². The van der Waals surface area contributed by atoms with E-state index in [1.165, 1.54) is 12.1 Å². The fourth-order valence-electron chi connectivity index (χ4n) is 2.86. The molecule has 1 aliphatic heterocycles. The van der Waals surface area contributed by atoms with Crippen molar-refractivity contribution < 1.29 is 15.1 Å². The molecule has 1 aromatic carbocycles. The average Bonchev–Trinajstić information content (AvgIpc) is 3.05. The number of nitro benzene ring substituents is 1. The molecular formula is C15H17N3O4S. The van der Waals surface area contributed by atoms with E-state index in [0.717, 1.165) is 31.1 Å². The number of nitro groups is 1. The zero-order valence-electron chi connectivity index (χ0n) is 12.3. The van der Waals surface area contributed by atoms with Gasteiger partial charge in [0.05, 0.1) is 11.0 Å². The lowest BCUT2D eigenvalue weighted by molar-refractivity contribution is -0.386. The largest absolute Gasteiger partial charge is 0.504 e. The fraction of sp³-hybridized carbons (Fsp3) is 0.333. The van der Waals surface area contributed by atoms with Crippen LogP contribution in [0.4, 0.5) is 5.69 Å². The number of phenolic OH excluding ortho intramolecular Hbond substituents is 2. The van der Waals surface area contributed by atoms with E-state index in [4.69, 9.17) is 0 Å². The smallest absolute Gasteiger partial charge is 0.314 e. The maximum absolute atomic E-state index is 11.1. The molecule has 1 aromatic heterocycles. The summed E-state index contributed by atoms with van der Waals surface area (Å²) in [4.78, 5) is 13.7. The van der Waals surface area contributed by atoms with Crippen molar-refractivity contribution in [3.8, 4) is 11.5 Å². The number of aromatic hydroxyl groups is 2. The van der Waals surface area contributed by atoms with Gasteiger partial charge in [0.15, 0.2) is 5.75 Å². The minimum Gasteiger partial charge on any atom is -0.504 e. The second-order valence-electron chi connectivity index (χ2n) is 5.37. The average molecular weight is 335 g/mol. The molecule has 1 aliphatic rings. The molecule has 0 unspecified atom stereocenters. The van der Waals surface area contributed by atoms with Gasteiger partial charge in [-0.1, -0.05) is 6.07 Å². The highest BCUT2D eigenvalue weighted by atomic mass is 32.1. The predicted octanol–water partition coefficient (Wildman–Crippen LogP) is 2.06. The summed E-state index contributed by atoms with van der Waals surface area (Å²) in [6, 6.07) is 6.50. The van der Waals surface area contributed by atoms with Gasteiger partial charge in [-0.3, -0.25) is 15.0 Å². The Kier molecular flexibility index (Phi) is 4.46. The minimum atomic E-state index is -0.691. The summed E-state index contributed by atoms with van der Waals surface area (Å²) in [5.74, 6) is -1.16. The molecule has 1 fully saturated rings. The molecule has 7 nitrogen and oxygen atoms in total. The first-order chi connectivity index (χ1) is 11.1. The summed E-state index contributed by atoms with van der Waals surface area (Å²) in [5, 5.41) is 36.0. The molecule has 8 heteroatoms. The van der Waals surface area contributed by atoms with Crippen molar-refractivity contribution in [1.29, 1.82) is 0 Å². The Labute approximate surface area is 136 Å². The third kappa shape index (κ3) is 3.14. The third-order valence-electron chi connectivity index (χ3n) is 3.93. The predicted molar refractivity (Wildman–Crippen MR) is 87.0 cm³/mol. The Balaban J connectivity index is 2.08. The SMILES string of the molecule is O=[N+]([O-])c1cc([C@@H](c2cccs2)N2CCNCC2)cc(O)c1O. The number of nitrogens with one attached hydrogen (secondary N) is 1. The van der Waals surface area contributed by atoms with Crippen molar-refractivity contribution in [2.75, 3.05) is 26.2 Å². The molecule has 0 radical (unpaired) electrons. The van der Waals surface area contributed by atoms with Crippen LogP contribution >= 0.6 is 11.3 Å². The van der Waals surface area contributed by atoms with Gasteiger partial charge in [-0.15, -0.1) is 11.3 Å². The van der Waals surface area contributed by atoms with Crippen LogP contribution in [-0.4, -0.2) is 46.2 Å². The van der Waals surface area contributed by atoms with Crippen molar-refractivity contribution in [3.05, 3.63) is 50.2 Å². The first kappa shape index (κ1) is 15.7. The monoisotopic (exact) mass is 335 g/mol. The molecule has 1 atom stereocenters. The summed E-state index contributed by atoms with van der Waals surface area (Å²) in [7, 11) is 0. The highest BCUT2D eigenvalue weighted by molar-refractivity contribution is 7.10. The lowest BCUT2D eigenvalue weighted by Gasteiger charge is -2.34. The lowest BCUT2D eigenvalue weighted by Crippen LogP contribution is -2.45. The molecular weight excluding hydrogens is 318 g/mol. The number of nitrogens with zero attached hydrogens (tertiary/aromatic N) is 2. The first-order valence-corrected chi connectivity index (χ1v) is 8.14. The number of phenols is 2. The standard InChI is InChI=1S/C15H17N3O4S/c19-12-9-10(8-11(15(12)20)18(21)22)14(13-2-1-7-23-13)17-5-3-16-4-6-17/h1-2,7-9,14,16,19-20H,3-6H2/t14-/m0/s1. The fourth-order valence-corrected chi connectivity index (χ4v) is 3.75. The normalized spacial score (nSPS) is 17.0. The summed E-state index contributed by atoms with van der Waals surface area (Å²) in [6.45, 7) is 3.29. The van der Waals surface area contributed by atoms with Gasteiger partial charge in [0.2, 0.25) is 5.75 Å². The number of hydrogen-bond donors (Lipinski definition) is 3. The summed E-state index contributed by atoms with van der Waals surface area (Å²) >= 11 is 1.57. The van der Waals surface area contributed by atoms with Crippen molar-refractivity contribution in [2.45, 2.75) is 6.04 Å². The molecule has 23 heavy (non-hydrogen) atoms. The van der Waals surface area contributed by atoms with E-state index in [-0.39, 0.29) is 6.04 Å². The molecule has 122 valence electrons. The Hall–Kier alpha value is -2.16. The molecule has 3 rings (SSSR count). The van der Waals surface area contributed by atoms with Crippen molar-refractivity contribution >= 4 is 17.0 Å². The van der Waals surface area contributed by atoms with Gasteiger partial charge in [0.1, 0.15) is 0 Å². The third-order valence-corrected chi connectivity index (χ3v) is 4.86. The van der Waals surface area contributed by atoms with E-state index in [2.05, 4.69) is 10.2 Å². The first-order valence-electron chi connectivity index (χ1n) is 7.26. The van der Waals surface area contributed by atoms with Gasteiger partial charge in [0.25, 0.3) is 0 Å². The van der Waals surface area contributed by atoms with E-state index < -0.39 is 22.1 Å². The molecule has 0 bridgehead atoms. The second-order valence-corrected chi connectivity index (χ2v) is 6.35. The highest BCUT2D eigenvalue weighted by Gasteiger charge is 2.28. The van der Waals surface area contributed by atoms with Crippen LogP contribution in [-0.2, 0) is 0 Å². The van der Waals surface area contributed by atoms with Crippen LogP contribution < -0.4 is 5.32 Å².